The van der Waals surface area contributed by atoms with E-state index in [1.54, 1.807) is 0 Å². The van der Waals surface area contributed by atoms with Gasteiger partial charge in [0.25, 0.3) is 0 Å². The van der Waals surface area contributed by atoms with E-state index in [0.717, 1.165) is 13.0 Å². The first-order valence-electron chi connectivity index (χ1n) is 4.41. The van der Waals surface area contributed by atoms with Gasteiger partial charge in [-0.15, -0.1) is 0 Å². The van der Waals surface area contributed by atoms with Crippen LogP contribution in [-0.2, 0) is 4.79 Å². The maximum atomic E-state index is 11.7. The lowest BCUT2D eigenvalue weighted by atomic mass is 9.94. The third-order valence-electron chi connectivity index (χ3n) is 3.95. The van der Waals surface area contributed by atoms with Crippen LogP contribution in [0.4, 0.5) is 0 Å². The Morgan fingerprint density at radius 2 is 2.27 bits per heavy atom. The number of ketones is 1. The number of carbonyl (C=O) groups is 1. The summed E-state index contributed by atoms with van der Waals surface area (Å²) < 4.78 is 0. The first-order valence-corrected chi connectivity index (χ1v) is 4.41. The highest BCUT2D eigenvalue weighted by Gasteiger charge is 2.76. The Morgan fingerprint density at radius 3 is 2.55 bits per heavy atom. The second-order valence-electron chi connectivity index (χ2n) is 4.69. The Bertz CT molecular complexity index is 258. The molecule has 0 N–H and O–H groups in total. The van der Waals surface area contributed by atoms with E-state index >= 15 is 0 Å². The summed E-state index contributed by atoms with van der Waals surface area (Å²) in [5, 5.41) is 0. The van der Waals surface area contributed by atoms with Gasteiger partial charge in [0.1, 0.15) is 0 Å². The Balaban J connectivity index is 2.09. The summed E-state index contributed by atoms with van der Waals surface area (Å²) in [5.74, 6) is 0.918. The summed E-state index contributed by atoms with van der Waals surface area (Å²) in [6, 6.07) is 0. The molecule has 60 valence electrons. The number of carbonyl (C=O) groups excluding carboxylic acids is 1. The van der Waals surface area contributed by atoms with Gasteiger partial charge in [-0.3, -0.25) is 9.69 Å². The number of rotatable bonds is 0. The first kappa shape index (κ1) is 6.18. The van der Waals surface area contributed by atoms with Crippen molar-refractivity contribution in [2.24, 2.45) is 5.92 Å². The molecule has 1 spiro atoms. The predicted molar refractivity (Wildman–Crippen MR) is 41.2 cm³/mol. The van der Waals surface area contributed by atoms with Gasteiger partial charge in [-0.25, -0.2) is 0 Å². The van der Waals surface area contributed by atoms with Crippen molar-refractivity contribution in [2.45, 2.75) is 37.8 Å². The third kappa shape index (κ3) is 0.418. The molecule has 2 unspecified atom stereocenters. The highest BCUT2D eigenvalue weighted by atomic mass is 16.1. The van der Waals surface area contributed by atoms with E-state index in [-0.39, 0.29) is 5.54 Å². The lowest BCUT2D eigenvalue weighted by Crippen LogP contribution is -2.58. The van der Waals surface area contributed by atoms with Crippen molar-refractivity contribution in [3.05, 3.63) is 0 Å². The van der Waals surface area contributed by atoms with E-state index in [2.05, 4.69) is 18.7 Å². The van der Waals surface area contributed by atoms with Crippen LogP contribution >= 0.6 is 0 Å². The molecule has 0 radical (unpaired) electrons. The molecule has 3 fully saturated rings. The van der Waals surface area contributed by atoms with Crippen LogP contribution < -0.4 is 0 Å². The Kier molecular flexibility index (Phi) is 0.722. The average Bonchev–Trinajstić information content (AvgIpc) is 2.54. The van der Waals surface area contributed by atoms with Crippen LogP contribution in [0.2, 0.25) is 0 Å². The summed E-state index contributed by atoms with van der Waals surface area (Å²) in [7, 11) is 0. The van der Waals surface area contributed by atoms with Gasteiger partial charge in [-0.1, -0.05) is 0 Å². The van der Waals surface area contributed by atoms with Crippen molar-refractivity contribution in [2.75, 3.05) is 6.54 Å². The molecule has 2 aliphatic heterocycles. The highest BCUT2D eigenvalue weighted by molar-refractivity contribution is 5.97. The van der Waals surface area contributed by atoms with Crippen molar-refractivity contribution in [3.8, 4) is 0 Å². The van der Waals surface area contributed by atoms with Crippen LogP contribution in [-0.4, -0.2) is 28.3 Å². The van der Waals surface area contributed by atoms with Crippen LogP contribution in [0.5, 0.6) is 0 Å². The average molecular weight is 151 g/mol. The van der Waals surface area contributed by atoms with Gasteiger partial charge in [0, 0.05) is 18.0 Å². The summed E-state index contributed by atoms with van der Waals surface area (Å²) in [4.78, 5) is 14.1. The number of piperidine rings is 1. The fraction of sp³-hybridized carbons (Fsp3) is 0.889. The van der Waals surface area contributed by atoms with Gasteiger partial charge in [0.15, 0.2) is 5.78 Å². The van der Waals surface area contributed by atoms with Gasteiger partial charge < -0.3 is 0 Å². The number of hydrogen-bond donors (Lipinski definition) is 0. The van der Waals surface area contributed by atoms with E-state index in [0.29, 0.717) is 17.2 Å². The van der Waals surface area contributed by atoms with Gasteiger partial charge in [-0.2, -0.15) is 0 Å². The minimum Gasteiger partial charge on any atom is -0.297 e. The molecule has 0 aromatic rings. The molecule has 3 rings (SSSR count). The van der Waals surface area contributed by atoms with Crippen LogP contribution in [0.3, 0.4) is 0 Å². The summed E-state index contributed by atoms with van der Waals surface area (Å²) >= 11 is 0. The zero-order valence-corrected chi connectivity index (χ0v) is 7.05. The standard InChI is InChI=1S/C9H13NO/c1-8(2)7(11)6-5-9(6)3-4-10(8)9/h6H,3-5H2,1-2H3. The zero-order valence-electron chi connectivity index (χ0n) is 7.05. The zero-order chi connectivity index (χ0) is 7.85. The fourth-order valence-corrected chi connectivity index (χ4v) is 3.11. The molecule has 1 aliphatic carbocycles. The molecule has 2 saturated heterocycles. The SMILES string of the molecule is CC1(C)C(=O)C2CC23CCN13. The molecule has 3 aliphatic rings. The van der Waals surface area contributed by atoms with Crippen molar-refractivity contribution in [3.63, 3.8) is 0 Å². The smallest absolute Gasteiger partial charge is 0.157 e. The topological polar surface area (TPSA) is 20.3 Å². The van der Waals surface area contributed by atoms with E-state index < -0.39 is 0 Å². The summed E-state index contributed by atoms with van der Waals surface area (Å²) in [6.45, 7) is 5.29. The number of Topliss-reactive ketones (excluding diaryl/α,β-unsaturated/α-hetero) is 1. The largest absolute Gasteiger partial charge is 0.297 e. The quantitative estimate of drug-likeness (QED) is 0.510. The lowest BCUT2D eigenvalue weighted by Gasteiger charge is -2.46. The molecule has 2 atom stereocenters. The first-order chi connectivity index (χ1) is 5.09. The van der Waals surface area contributed by atoms with Gasteiger partial charge in [0.2, 0.25) is 0 Å². The normalized spacial score (nSPS) is 51.5. The molecule has 0 aromatic heterocycles. The number of hydrogen-bond acceptors (Lipinski definition) is 2. The second-order valence-corrected chi connectivity index (χ2v) is 4.69. The number of nitrogens with zero attached hydrogens (tertiary/aromatic N) is 1. The molecular weight excluding hydrogens is 138 g/mol. The molecule has 11 heavy (non-hydrogen) atoms. The minimum absolute atomic E-state index is 0.124. The van der Waals surface area contributed by atoms with E-state index in [9.17, 15) is 4.79 Å². The van der Waals surface area contributed by atoms with Crippen molar-refractivity contribution in [1.29, 1.82) is 0 Å². The van der Waals surface area contributed by atoms with E-state index in [1.807, 2.05) is 0 Å². The predicted octanol–water partition coefficient (Wildman–Crippen LogP) is 0.812. The monoisotopic (exact) mass is 151 g/mol. The molecule has 2 heterocycles. The van der Waals surface area contributed by atoms with Crippen molar-refractivity contribution >= 4 is 5.78 Å². The Labute approximate surface area is 66.6 Å². The maximum Gasteiger partial charge on any atom is 0.157 e. The molecule has 2 heteroatoms. The van der Waals surface area contributed by atoms with Crippen LogP contribution in [0.15, 0.2) is 0 Å². The third-order valence-corrected chi connectivity index (χ3v) is 3.95. The Hall–Kier alpha value is -0.370. The van der Waals surface area contributed by atoms with Gasteiger partial charge in [0.05, 0.1) is 5.54 Å². The van der Waals surface area contributed by atoms with Crippen LogP contribution in [0.1, 0.15) is 26.7 Å². The van der Waals surface area contributed by atoms with Gasteiger partial charge in [-0.05, 0) is 26.7 Å². The lowest BCUT2D eigenvalue weighted by molar-refractivity contribution is -0.128. The van der Waals surface area contributed by atoms with Crippen molar-refractivity contribution in [1.82, 2.24) is 4.90 Å². The highest BCUT2D eigenvalue weighted by Crippen LogP contribution is 2.65. The maximum absolute atomic E-state index is 11.7. The van der Waals surface area contributed by atoms with E-state index in [4.69, 9.17) is 0 Å². The van der Waals surface area contributed by atoms with Crippen LogP contribution in [0.25, 0.3) is 0 Å². The fourth-order valence-electron chi connectivity index (χ4n) is 3.11. The van der Waals surface area contributed by atoms with Gasteiger partial charge >= 0.3 is 0 Å². The Morgan fingerprint density at radius 1 is 1.55 bits per heavy atom. The minimum atomic E-state index is -0.124. The molecule has 0 aromatic carbocycles. The second kappa shape index (κ2) is 1.28. The molecule has 0 bridgehead atoms. The summed E-state index contributed by atoms with van der Waals surface area (Å²) in [5.41, 5.74) is 0.266. The molecule has 0 amide bonds. The molecular formula is C9H13NO. The van der Waals surface area contributed by atoms with Crippen LogP contribution in [0, 0.1) is 5.92 Å². The molecule has 2 nitrogen and oxygen atoms in total. The summed E-state index contributed by atoms with van der Waals surface area (Å²) in [6.07, 6.45) is 2.43. The van der Waals surface area contributed by atoms with E-state index in [1.165, 1.54) is 6.42 Å². The van der Waals surface area contributed by atoms with Crippen molar-refractivity contribution < 1.29 is 4.79 Å². The molecule has 1 saturated carbocycles.